The van der Waals surface area contributed by atoms with Gasteiger partial charge in [0.25, 0.3) is 0 Å². The summed E-state index contributed by atoms with van der Waals surface area (Å²) < 4.78 is 36.0. The van der Waals surface area contributed by atoms with Crippen LogP contribution >= 0.6 is 0 Å². The summed E-state index contributed by atoms with van der Waals surface area (Å²) in [6.07, 6.45) is 1.12. The Labute approximate surface area is 215 Å². The van der Waals surface area contributed by atoms with E-state index in [0.29, 0.717) is 30.5 Å². The molecule has 0 spiro atoms. The lowest BCUT2D eigenvalue weighted by Crippen LogP contribution is -2.28. The number of alkyl halides is 2. The fourth-order valence-electron chi connectivity index (χ4n) is 5.40. The van der Waals surface area contributed by atoms with Gasteiger partial charge in [-0.15, -0.1) is 8.78 Å². The van der Waals surface area contributed by atoms with Gasteiger partial charge in [0.2, 0.25) is 5.91 Å². The first-order chi connectivity index (χ1) is 17.4. The van der Waals surface area contributed by atoms with Crippen LogP contribution in [0.4, 0.5) is 14.5 Å². The predicted octanol–water partition coefficient (Wildman–Crippen LogP) is 5.73. The number of amides is 1. The van der Waals surface area contributed by atoms with Crippen LogP contribution in [0.1, 0.15) is 75.5 Å². The lowest BCUT2D eigenvalue weighted by Gasteiger charge is -2.23. The number of halogens is 2. The SMILES string of the molecule is CC(C)(C)C1=Cc2cc(NC(=O)C3(c4ccc5c(c4)OC(F)(F)O5)CC3)ccc2C(C[C@@H](O)CO)CC1. The van der Waals surface area contributed by atoms with Gasteiger partial charge >= 0.3 is 6.29 Å². The molecule has 1 aliphatic heterocycles. The number of hydrogen-bond acceptors (Lipinski definition) is 5. The van der Waals surface area contributed by atoms with Crippen LogP contribution in [0.15, 0.2) is 42.0 Å². The molecule has 1 heterocycles. The molecule has 1 unspecified atom stereocenters. The van der Waals surface area contributed by atoms with Crippen LogP contribution in [-0.4, -0.2) is 35.1 Å². The molecule has 198 valence electrons. The van der Waals surface area contributed by atoms with E-state index in [0.717, 1.165) is 24.0 Å². The molecular formula is C29H33F2NO5. The normalized spacial score (nSPS) is 21.9. The first-order valence-corrected chi connectivity index (χ1v) is 12.8. The Morgan fingerprint density at radius 3 is 2.54 bits per heavy atom. The van der Waals surface area contributed by atoms with Crippen LogP contribution in [0.25, 0.3) is 6.08 Å². The van der Waals surface area contributed by atoms with Crippen LogP contribution in [0, 0.1) is 5.41 Å². The van der Waals surface area contributed by atoms with Gasteiger partial charge in [-0.1, -0.05) is 44.6 Å². The number of aliphatic hydroxyl groups is 2. The van der Waals surface area contributed by atoms with E-state index in [1.807, 2.05) is 18.2 Å². The van der Waals surface area contributed by atoms with Crippen LogP contribution in [0.3, 0.4) is 0 Å². The maximum atomic E-state index is 13.5. The number of carbonyl (C=O) groups is 1. The number of aliphatic hydroxyl groups excluding tert-OH is 2. The van der Waals surface area contributed by atoms with Crippen molar-refractivity contribution in [2.24, 2.45) is 5.41 Å². The number of ether oxygens (including phenoxy) is 2. The summed E-state index contributed by atoms with van der Waals surface area (Å²) in [6.45, 7) is 6.24. The molecule has 0 radical (unpaired) electrons. The summed E-state index contributed by atoms with van der Waals surface area (Å²) in [6, 6.07) is 10.3. The first kappa shape index (κ1) is 25.7. The van der Waals surface area contributed by atoms with Crippen molar-refractivity contribution in [2.45, 2.75) is 76.6 Å². The van der Waals surface area contributed by atoms with E-state index < -0.39 is 17.8 Å². The Hall–Kier alpha value is -2.97. The van der Waals surface area contributed by atoms with Gasteiger partial charge in [0.1, 0.15) is 0 Å². The molecule has 6 nitrogen and oxygen atoms in total. The lowest BCUT2D eigenvalue weighted by molar-refractivity contribution is -0.286. The second-order valence-corrected chi connectivity index (χ2v) is 11.4. The Morgan fingerprint density at radius 1 is 1.14 bits per heavy atom. The molecule has 1 amide bonds. The molecule has 2 atom stereocenters. The minimum atomic E-state index is -3.70. The summed E-state index contributed by atoms with van der Waals surface area (Å²) in [5, 5.41) is 22.6. The monoisotopic (exact) mass is 513 g/mol. The smallest absolute Gasteiger partial charge is 0.395 e. The van der Waals surface area contributed by atoms with E-state index in [9.17, 15) is 23.8 Å². The van der Waals surface area contributed by atoms with E-state index >= 15 is 0 Å². The molecule has 3 aliphatic rings. The summed E-state index contributed by atoms with van der Waals surface area (Å²) in [4.78, 5) is 13.4. The average molecular weight is 514 g/mol. The maximum absolute atomic E-state index is 13.5. The zero-order valence-corrected chi connectivity index (χ0v) is 21.3. The fraction of sp³-hybridized carbons (Fsp3) is 0.483. The summed E-state index contributed by atoms with van der Waals surface area (Å²) >= 11 is 0. The van der Waals surface area contributed by atoms with Crippen molar-refractivity contribution in [3.63, 3.8) is 0 Å². The molecule has 0 bridgehead atoms. The molecule has 8 heteroatoms. The molecule has 2 aromatic rings. The van der Waals surface area contributed by atoms with Crippen LogP contribution < -0.4 is 14.8 Å². The standard InChI is InChI=1S/C29H33F2NO5/c1-27(2,3)19-5-4-17(14-22(34)16-33)23-8-7-21(13-18(23)12-19)32-26(35)28(10-11-28)20-6-9-24-25(15-20)37-29(30,31)36-24/h6-9,12-13,15,17,22,33-34H,4-5,10-11,14,16H2,1-3H3,(H,32,35)/t17?,22-/m1/s1. The Balaban J connectivity index is 1.41. The Bertz CT molecular complexity index is 1250. The van der Waals surface area contributed by atoms with Crippen LogP contribution in [-0.2, 0) is 10.2 Å². The van der Waals surface area contributed by atoms with Crippen LogP contribution in [0.2, 0.25) is 0 Å². The number of hydrogen-bond donors (Lipinski definition) is 3. The largest absolute Gasteiger partial charge is 0.586 e. The molecule has 37 heavy (non-hydrogen) atoms. The van der Waals surface area contributed by atoms with E-state index in [-0.39, 0.29) is 35.3 Å². The predicted molar refractivity (Wildman–Crippen MR) is 136 cm³/mol. The quantitative estimate of drug-likeness (QED) is 0.459. The number of allylic oxidation sites excluding steroid dienone is 1. The highest BCUT2D eigenvalue weighted by molar-refractivity contribution is 6.01. The third-order valence-corrected chi connectivity index (χ3v) is 7.75. The van der Waals surface area contributed by atoms with Gasteiger partial charge in [0.15, 0.2) is 11.5 Å². The van der Waals surface area contributed by atoms with Gasteiger partial charge in [-0.25, -0.2) is 0 Å². The van der Waals surface area contributed by atoms with E-state index in [2.05, 4.69) is 41.6 Å². The van der Waals surface area contributed by atoms with Gasteiger partial charge in [0.05, 0.1) is 18.1 Å². The van der Waals surface area contributed by atoms with Gasteiger partial charge in [0, 0.05) is 5.69 Å². The van der Waals surface area contributed by atoms with Gasteiger partial charge in [-0.3, -0.25) is 4.79 Å². The van der Waals surface area contributed by atoms with Crippen molar-refractivity contribution in [2.75, 3.05) is 11.9 Å². The zero-order chi connectivity index (χ0) is 26.6. The Kier molecular flexibility index (Phi) is 6.31. The second-order valence-electron chi connectivity index (χ2n) is 11.4. The topological polar surface area (TPSA) is 88.0 Å². The molecule has 3 N–H and O–H groups in total. The van der Waals surface area contributed by atoms with Gasteiger partial charge in [-0.2, -0.15) is 0 Å². The first-order valence-electron chi connectivity index (χ1n) is 12.8. The van der Waals surface area contributed by atoms with E-state index in [4.69, 9.17) is 0 Å². The third-order valence-electron chi connectivity index (χ3n) is 7.75. The summed E-state index contributed by atoms with van der Waals surface area (Å²) in [5.74, 6) is -0.223. The number of nitrogens with one attached hydrogen (secondary N) is 1. The lowest BCUT2D eigenvalue weighted by atomic mass is 9.82. The zero-order valence-electron chi connectivity index (χ0n) is 21.3. The molecule has 1 fully saturated rings. The summed E-state index contributed by atoms with van der Waals surface area (Å²) in [5.41, 5.74) is 3.79. The van der Waals surface area contributed by atoms with Crippen LogP contribution in [0.5, 0.6) is 11.5 Å². The molecule has 5 rings (SSSR count). The fourth-order valence-corrected chi connectivity index (χ4v) is 5.40. The number of rotatable bonds is 6. The maximum Gasteiger partial charge on any atom is 0.586 e. The highest BCUT2D eigenvalue weighted by Crippen LogP contribution is 2.52. The molecule has 1 saturated carbocycles. The van der Waals surface area contributed by atoms with Crippen molar-refractivity contribution in [3.8, 4) is 11.5 Å². The summed E-state index contributed by atoms with van der Waals surface area (Å²) in [7, 11) is 0. The van der Waals surface area contributed by atoms with E-state index in [1.54, 1.807) is 6.07 Å². The minimum absolute atomic E-state index is 0.0325. The van der Waals surface area contributed by atoms with Crippen molar-refractivity contribution >= 4 is 17.7 Å². The number of anilines is 1. The van der Waals surface area contributed by atoms with Gasteiger partial charge in [-0.05, 0) is 84.4 Å². The minimum Gasteiger partial charge on any atom is -0.395 e. The van der Waals surface area contributed by atoms with Gasteiger partial charge < -0.3 is 25.0 Å². The molecule has 2 aromatic carbocycles. The Morgan fingerprint density at radius 2 is 1.86 bits per heavy atom. The molecule has 0 saturated heterocycles. The van der Waals surface area contributed by atoms with Crippen molar-refractivity contribution in [1.29, 1.82) is 0 Å². The van der Waals surface area contributed by atoms with Crippen molar-refractivity contribution < 1.29 is 33.3 Å². The van der Waals surface area contributed by atoms with Crippen molar-refractivity contribution in [1.82, 2.24) is 0 Å². The third kappa shape index (κ3) is 5.09. The molecule has 2 aliphatic carbocycles. The average Bonchev–Trinajstić information content (AvgIpc) is 3.59. The second kappa shape index (κ2) is 9.10. The number of carbonyl (C=O) groups excluding carboxylic acids is 1. The number of fused-ring (bicyclic) bond motifs is 2. The highest BCUT2D eigenvalue weighted by Gasteiger charge is 2.52. The number of benzene rings is 2. The molecular weight excluding hydrogens is 480 g/mol. The van der Waals surface area contributed by atoms with E-state index in [1.165, 1.54) is 17.7 Å². The highest BCUT2D eigenvalue weighted by atomic mass is 19.3. The van der Waals surface area contributed by atoms with Crippen molar-refractivity contribution in [3.05, 3.63) is 58.7 Å². The molecule has 0 aromatic heterocycles.